The van der Waals surface area contributed by atoms with Crippen molar-refractivity contribution in [2.45, 2.75) is 13.0 Å². The molecule has 18 heavy (non-hydrogen) atoms. The molecule has 1 aromatic carbocycles. The van der Waals surface area contributed by atoms with Crippen LogP contribution >= 0.6 is 34.8 Å². The van der Waals surface area contributed by atoms with Gasteiger partial charge in [-0.2, -0.15) is 0 Å². The normalized spacial score (nSPS) is 11.8. The van der Waals surface area contributed by atoms with Crippen LogP contribution in [0.15, 0.2) is 12.1 Å². The van der Waals surface area contributed by atoms with Gasteiger partial charge in [0, 0.05) is 5.02 Å². The minimum atomic E-state index is -1.15. The zero-order valence-corrected chi connectivity index (χ0v) is 11.4. The summed E-state index contributed by atoms with van der Waals surface area (Å²) in [7, 11) is 0. The first kappa shape index (κ1) is 14.9. The Hall–Kier alpha value is -1.17. The molecule has 0 aliphatic heterocycles. The van der Waals surface area contributed by atoms with Crippen LogP contribution in [0.4, 0.5) is 10.5 Å². The molecule has 3 N–H and O–H groups in total. The van der Waals surface area contributed by atoms with Crippen molar-refractivity contribution in [1.82, 2.24) is 5.32 Å². The first-order valence-corrected chi connectivity index (χ1v) is 5.89. The van der Waals surface area contributed by atoms with Gasteiger partial charge < -0.3 is 15.7 Å². The van der Waals surface area contributed by atoms with Crippen LogP contribution in [0.3, 0.4) is 0 Å². The Morgan fingerprint density at radius 2 is 1.72 bits per heavy atom. The van der Waals surface area contributed by atoms with E-state index < -0.39 is 18.0 Å². The van der Waals surface area contributed by atoms with Gasteiger partial charge in [-0.3, -0.25) is 4.79 Å². The van der Waals surface area contributed by atoms with Crippen LogP contribution in [0.2, 0.25) is 15.1 Å². The fourth-order valence-electron chi connectivity index (χ4n) is 1.07. The molecule has 0 fully saturated rings. The maximum absolute atomic E-state index is 11.5. The van der Waals surface area contributed by atoms with Crippen molar-refractivity contribution >= 4 is 52.5 Å². The lowest BCUT2D eigenvalue weighted by Gasteiger charge is -2.13. The Labute approximate surface area is 118 Å². The van der Waals surface area contributed by atoms with Gasteiger partial charge in [0.1, 0.15) is 6.04 Å². The molecular formula is C10H9Cl3N2O3. The Kier molecular flexibility index (Phi) is 5.07. The molecule has 0 aliphatic carbocycles. The Morgan fingerprint density at radius 3 is 2.17 bits per heavy atom. The zero-order valence-electron chi connectivity index (χ0n) is 9.13. The van der Waals surface area contributed by atoms with Gasteiger partial charge in [-0.15, -0.1) is 0 Å². The molecule has 0 unspecified atom stereocenters. The van der Waals surface area contributed by atoms with Crippen molar-refractivity contribution in [3.8, 4) is 0 Å². The van der Waals surface area contributed by atoms with Crippen molar-refractivity contribution in [1.29, 1.82) is 0 Å². The number of carboxylic acids is 1. The maximum atomic E-state index is 11.5. The quantitative estimate of drug-likeness (QED) is 0.802. The number of hydrogen-bond acceptors (Lipinski definition) is 2. The molecule has 0 heterocycles. The van der Waals surface area contributed by atoms with Crippen LogP contribution in [-0.4, -0.2) is 23.1 Å². The lowest BCUT2D eigenvalue weighted by atomic mass is 10.3. The highest BCUT2D eigenvalue weighted by molar-refractivity contribution is 6.42. The molecule has 0 bridgehead atoms. The van der Waals surface area contributed by atoms with Crippen LogP contribution in [0, 0.1) is 0 Å². The number of carbonyl (C=O) groups excluding carboxylic acids is 1. The molecule has 2 amide bonds. The Morgan fingerprint density at radius 1 is 1.22 bits per heavy atom. The third kappa shape index (κ3) is 3.94. The summed E-state index contributed by atoms with van der Waals surface area (Å²) in [4.78, 5) is 22.0. The fourth-order valence-corrected chi connectivity index (χ4v) is 1.98. The lowest BCUT2D eigenvalue weighted by Crippen LogP contribution is -2.40. The minimum absolute atomic E-state index is 0.158. The number of carboxylic acid groups (broad SMARTS) is 1. The van der Waals surface area contributed by atoms with Gasteiger partial charge in [0.25, 0.3) is 0 Å². The molecule has 0 aliphatic rings. The average molecular weight is 312 g/mol. The summed E-state index contributed by atoms with van der Waals surface area (Å²) < 4.78 is 0. The number of halogens is 3. The largest absolute Gasteiger partial charge is 0.480 e. The van der Waals surface area contributed by atoms with Gasteiger partial charge in [0.05, 0.1) is 15.7 Å². The number of hydrogen-bond donors (Lipinski definition) is 3. The molecule has 0 spiro atoms. The number of anilines is 1. The standard InChI is InChI=1S/C10H9Cl3N2O3/c1-4(9(16)17)14-10(18)15-8-6(12)2-5(11)3-7(8)13/h2-4H,1H3,(H,16,17)(H2,14,15,18)/t4-/m0/s1. The highest BCUT2D eigenvalue weighted by Crippen LogP contribution is 2.33. The van der Waals surface area contributed by atoms with E-state index in [-0.39, 0.29) is 15.7 Å². The van der Waals surface area contributed by atoms with Crippen molar-refractivity contribution < 1.29 is 14.7 Å². The van der Waals surface area contributed by atoms with Crippen LogP contribution in [0.1, 0.15) is 6.92 Å². The topological polar surface area (TPSA) is 78.4 Å². The molecular weight excluding hydrogens is 302 g/mol. The zero-order chi connectivity index (χ0) is 13.9. The number of urea groups is 1. The summed E-state index contributed by atoms with van der Waals surface area (Å²) in [6, 6.07) is 1.06. The molecule has 0 saturated heterocycles. The summed E-state index contributed by atoms with van der Waals surface area (Å²) in [6.45, 7) is 1.33. The van der Waals surface area contributed by atoms with E-state index >= 15 is 0 Å². The molecule has 5 nitrogen and oxygen atoms in total. The first-order valence-electron chi connectivity index (χ1n) is 4.76. The van der Waals surface area contributed by atoms with Gasteiger partial charge in [-0.05, 0) is 19.1 Å². The van der Waals surface area contributed by atoms with E-state index in [1.165, 1.54) is 19.1 Å². The predicted octanol–water partition coefficient (Wildman–Crippen LogP) is 3.24. The van der Waals surface area contributed by atoms with E-state index in [0.717, 1.165) is 0 Å². The summed E-state index contributed by atoms with van der Waals surface area (Å²) in [5.41, 5.74) is 0.165. The third-order valence-electron chi connectivity index (χ3n) is 1.96. The summed E-state index contributed by atoms with van der Waals surface area (Å²) in [6.07, 6.45) is 0. The fraction of sp³-hybridized carbons (Fsp3) is 0.200. The van der Waals surface area contributed by atoms with Gasteiger partial charge >= 0.3 is 12.0 Å². The molecule has 0 radical (unpaired) electrons. The second-order valence-corrected chi connectivity index (χ2v) is 4.65. The van der Waals surface area contributed by atoms with E-state index in [4.69, 9.17) is 39.9 Å². The van der Waals surface area contributed by atoms with Crippen LogP contribution < -0.4 is 10.6 Å². The van der Waals surface area contributed by atoms with Crippen molar-refractivity contribution in [2.24, 2.45) is 0 Å². The predicted molar refractivity (Wildman–Crippen MR) is 70.7 cm³/mol. The number of amides is 2. The highest BCUT2D eigenvalue weighted by atomic mass is 35.5. The maximum Gasteiger partial charge on any atom is 0.325 e. The SMILES string of the molecule is C[C@H](NC(=O)Nc1c(Cl)cc(Cl)cc1Cl)C(=O)O. The highest BCUT2D eigenvalue weighted by Gasteiger charge is 2.16. The van der Waals surface area contributed by atoms with E-state index in [9.17, 15) is 9.59 Å². The molecule has 1 aromatic rings. The molecule has 98 valence electrons. The number of aliphatic carboxylic acids is 1. The van der Waals surface area contributed by atoms with E-state index in [0.29, 0.717) is 5.02 Å². The van der Waals surface area contributed by atoms with E-state index in [2.05, 4.69) is 10.6 Å². The van der Waals surface area contributed by atoms with Gasteiger partial charge in [0.15, 0.2) is 0 Å². The summed E-state index contributed by atoms with van der Waals surface area (Å²) >= 11 is 17.4. The number of rotatable bonds is 3. The van der Waals surface area contributed by atoms with Crippen LogP contribution in [-0.2, 0) is 4.79 Å². The van der Waals surface area contributed by atoms with Crippen molar-refractivity contribution in [3.63, 3.8) is 0 Å². The Balaban J connectivity index is 2.80. The van der Waals surface area contributed by atoms with E-state index in [1.54, 1.807) is 0 Å². The molecule has 8 heteroatoms. The van der Waals surface area contributed by atoms with Crippen molar-refractivity contribution in [3.05, 3.63) is 27.2 Å². The minimum Gasteiger partial charge on any atom is -0.480 e. The van der Waals surface area contributed by atoms with E-state index in [1.807, 2.05) is 0 Å². The summed E-state index contributed by atoms with van der Waals surface area (Å²) in [5, 5.41) is 13.8. The average Bonchev–Trinajstić information content (AvgIpc) is 2.23. The number of carbonyl (C=O) groups is 2. The number of benzene rings is 1. The van der Waals surface area contributed by atoms with Gasteiger partial charge in [-0.1, -0.05) is 34.8 Å². The first-order chi connectivity index (χ1) is 8.31. The summed E-state index contributed by atoms with van der Waals surface area (Å²) in [5.74, 6) is -1.15. The third-order valence-corrected chi connectivity index (χ3v) is 2.78. The number of nitrogens with one attached hydrogen (secondary N) is 2. The molecule has 1 rings (SSSR count). The van der Waals surface area contributed by atoms with Crippen LogP contribution in [0.5, 0.6) is 0 Å². The molecule has 1 atom stereocenters. The monoisotopic (exact) mass is 310 g/mol. The van der Waals surface area contributed by atoms with Crippen molar-refractivity contribution in [2.75, 3.05) is 5.32 Å². The lowest BCUT2D eigenvalue weighted by molar-refractivity contribution is -0.138. The smallest absolute Gasteiger partial charge is 0.325 e. The van der Waals surface area contributed by atoms with Gasteiger partial charge in [0.2, 0.25) is 0 Å². The van der Waals surface area contributed by atoms with Gasteiger partial charge in [-0.25, -0.2) is 4.79 Å². The second-order valence-electron chi connectivity index (χ2n) is 3.40. The Bertz CT molecular complexity index is 470. The second kappa shape index (κ2) is 6.13. The van der Waals surface area contributed by atoms with Crippen LogP contribution in [0.25, 0.3) is 0 Å². The molecule has 0 aromatic heterocycles. The molecule has 0 saturated carbocycles.